The molecule has 2 heterocycles. The predicted molar refractivity (Wildman–Crippen MR) is 111 cm³/mol. The first-order valence-corrected chi connectivity index (χ1v) is 14.9. The van der Waals surface area contributed by atoms with Crippen LogP contribution in [0.2, 0.25) is 26.2 Å². The molecule has 0 aliphatic heterocycles. The lowest BCUT2D eigenvalue weighted by Gasteiger charge is -2.34. The monoisotopic (exact) mass is 438 g/mol. The Morgan fingerprint density at radius 3 is 1.48 bits per heavy atom. The summed E-state index contributed by atoms with van der Waals surface area (Å²) in [6.07, 6.45) is 3.36. The minimum Gasteiger partial charge on any atom is -0.453 e. The first-order chi connectivity index (χ1) is 13.3. The molecule has 0 atom stereocenters. The maximum absolute atomic E-state index is 12.3. The van der Waals surface area contributed by atoms with Crippen molar-refractivity contribution in [2.45, 2.75) is 38.5 Å². The Balaban J connectivity index is 2.24. The van der Waals surface area contributed by atoms with E-state index < -0.39 is 49.0 Å². The molecule has 0 unspecified atom stereocenters. The highest BCUT2D eigenvalue weighted by molar-refractivity contribution is 6.83. The van der Waals surface area contributed by atoms with E-state index in [9.17, 15) is 29.8 Å². The summed E-state index contributed by atoms with van der Waals surface area (Å²) in [5.74, 6) is 0. The third-order valence-electron chi connectivity index (χ3n) is 4.05. The van der Waals surface area contributed by atoms with E-state index in [0.29, 0.717) is 0 Å². The number of hydrogen-bond donors (Lipinski definition) is 0. The summed E-state index contributed by atoms with van der Waals surface area (Å²) in [5, 5.41) is 22.0. The first-order valence-electron chi connectivity index (χ1n) is 8.71. The largest absolute Gasteiger partial charge is 0.453 e. The lowest BCUT2D eigenvalue weighted by Crippen LogP contribution is -2.51. The molecule has 11 nitrogen and oxygen atoms in total. The van der Waals surface area contributed by atoms with E-state index in [1.54, 1.807) is 0 Å². The van der Waals surface area contributed by atoms with Crippen molar-refractivity contribution in [2.75, 3.05) is 0 Å². The van der Waals surface area contributed by atoms with Gasteiger partial charge < -0.3 is 13.2 Å². The Labute approximate surface area is 167 Å². The highest BCUT2D eigenvalue weighted by atomic mass is 28.4. The average Bonchev–Trinajstić information content (AvgIpc) is 2.56. The van der Waals surface area contributed by atoms with Crippen LogP contribution in [-0.4, -0.2) is 35.6 Å². The quantitative estimate of drug-likeness (QED) is 0.349. The van der Waals surface area contributed by atoms with Crippen molar-refractivity contribution < 1.29 is 14.0 Å². The number of nitrogens with zero attached hydrogens (tertiary/aromatic N) is 4. The molecule has 2 aromatic rings. The number of hydrogen-bond acceptors (Lipinski definition) is 7. The Hall–Kier alpha value is -2.91. The number of pyridine rings is 2. The molecule has 0 aliphatic rings. The molecule has 0 bridgehead atoms. The van der Waals surface area contributed by atoms with Gasteiger partial charge in [-0.3, -0.25) is 29.8 Å². The zero-order valence-electron chi connectivity index (χ0n) is 16.5. The van der Waals surface area contributed by atoms with Crippen molar-refractivity contribution in [1.29, 1.82) is 0 Å². The molecule has 0 N–H and O–H groups in total. The van der Waals surface area contributed by atoms with Gasteiger partial charge in [-0.2, -0.15) is 0 Å². The molecule has 0 aliphatic carbocycles. The topological polar surface area (TPSA) is 140 Å². The molecule has 0 fully saturated rings. The Bertz CT molecular complexity index is 978. The summed E-state index contributed by atoms with van der Waals surface area (Å²) in [6.45, 7) is 7.51. The molecule has 13 heteroatoms. The summed E-state index contributed by atoms with van der Waals surface area (Å²) in [5.41, 5.74) is -2.40. The Kier molecular flexibility index (Phi) is 6.35. The summed E-state index contributed by atoms with van der Waals surface area (Å²) < 4.78 is 8.91. The van der Waals surface area contributed by atoms with Gasteiger partial charge in [-0.1, -0.05) is 0 Å². The second kappa shape index (κ2) is 8.22. The molecule has 0 aromatic carbocycles. The van der Waals surface area contributed by atoms with E-state index in [1.807, 2.05) is 26.2 Å². The standard InChI is InChI=1S/C16H22N4O7Si2/c1-28(2,11-17-9-5-7-13(15(17)21)19(23)24)27-29(3,4)12-18-10-6-8-14(16(18)22)20(25)26/h5-10H,11-12H2,1-4H3. The molecular formula is C16H22N4O7Si2. The Morgan fingerprint density at radius 2 is 1.17 bits per heavy atom. The predicted octanol–water partition coefficient (Wildman–Crippen LogP) is 2.03. The smallest absolute Gasteiger partial charge is 0.334 e. The van der Waals surface area contributed by atoms with Gasteiger partial charge in [-0.25, -0.2) is 0 Å². The van der Waals surface area contributed by atoms with Crippen LogP contribution in [0.15, 0.2) is 46.2 Å². The fraction of sp³-hybridized carbons (Fsp3) is 0.375. The summed E-state index contributed by atoms with van der Waals surface area (Å²) in [4.78, 5) is 45.1. The van der Waals surface area contributed by atoms with Crippen molar-refractivity contribution in [3.8, 4) is 0 Å². The zero-order chi connectivity index (χ0) is 22.0. The molecule has 0 saturated heterocycles. The Morgan fingerprint density at radius 1 is 0.828 bits per heavy atom. The zero-order valence-corrected chi connectivity index (χ0v) is 18.5. The summed E-state index contributed by atoms with van der Waals surface area (Å²) in [6, 6.07) is 5.19. The van der Waals surface area contributed by atoms with E-state index in [0.717, 1.165) is 12.1 Å². The van der Waals surface area contributed by atoms with Crippen LogP contribution in [-0.2, 0) is 16.5 Å². The van der Waals surface area contributed by atoms with Crippen LogP contribution >= 0.6 is 0 Å². The van der Waals surface area contributed by atoms with Gasteiger partial charge in [0.25, 0.3) is 0 Å². The third-order valence-corrected chi connectivity index (χ3v) is 10.7. The second-order valence-corrected chi connectivity index (χ2v) is 16.3. The SMILES string of the molecule is C[Si](C)(Cn1cccc([N+](=O)[O-])c1=O)O[Si](C)(C)Cn1cccc([N+](=O)[O-])c1=O. The fourth-order valence-electron chi connectivity index (χ4n) is 3.21. The molecule has 2 rings (SSSR count). The average molecular weight is 439 g/mol. The molecular weight excluding hydrogens is 416 g/mol. The van der Waals surface area contributed by atoms with E-state index >= 15 is 0 Å². The van der Waals surface area contributed by atoms with Gasteiger partial charge in [-0.05, 0) is 38.3 Å². The van der Waals surface area contributed by atoms with Gasteiger partial charge in [-0.15, -0.1) is 0 Å². The maximum atomic E-state index is 12.3. The van der Waals surface area contributed by atoms with Gasteiger partial charge in [0, 0.05) is 36.9 Å². The minimum absolute atomic E-state index is 0.202. The number of aromatic nitrogens is 2. The molecule has 0 radical (unpaired) electrons. The molecule has 156 valence electrons. The van der Waals surface area contributed by atoms with Gasteiger partial charge in [0.2, 0.25) is 0 Å². The van der Waals surface area contributed by atoms with E-state index in [4.69, 9.17) is 4.12 Å². The lowest BCUT2D eigenvalue weighted by molar-refractivity contribution is -0.386. The fourth-order valence-corrected chi connectivity index (χ4v) is 11.8. The van der Waals surface area contributed by atoms with Gasteiger partial charge >= 0.3 is 22.5 Å². The third kappa shape index (κ3) is 5.55. The maximum Gasteiger partial charge on any atom is 0.334 e. The minimum atomic E-state index is -2.52. The number of rotatable bonds is 8. The molecule has 2 aromatic heterocycles. The number of nitro groups is 2. The van der Waals surface area contributed by atoms with Gasteiger partial charge in [0.1, 0.15) is 0 Å². The van der Waals surface area contributed by atoms with Crippen LogP contribution in [0.3, 0.4) is 0 Å². The van der Waals surface area contributed by atoms with E-state index in [1.165, 1.54) is 33.7 Å². The van der Waals surface area contributed by atoms with Crippen molar-refractivity contribution >= 4 is 28.0 Å². The first kappa shape index (κ1) is 22.4. The summed E-state index contributed by atoms with van der Waals surface area (Å²) >= 11 is 0. The molecule has 0 saturated carbocycles. The van der Waals surface area contributed by atoms with Crippen LogP contribution < -0.4 is 11.1 Å². The highest BCUT2D eigenvalue weighted by Gasteiger charge is 2.35. The van der Waals surface area contributed by atoms with Gasteiger partial charge in [0.05, 0.1) is 9.85 Å². The van der Waals surface area contributed by atoms with Gasteiger partial charge in [0.15, 0.2) is 16.6 Å². The normalized spacial score (nSPS) is 12.0. The van der Waals surface area contributed by atoms with Crippen LogP contribution in [0.1, 0.15) is 0 Å². The van der Waals surface area contributed by atoms with Crippen LogP contribution in [0, 0.1) is 20.2 Å². The molecule has 0 spiro atoms. The second-order valence-electron chi connectivity index (χ2n) is 7.79. The highest BCUT2D eigenvalue weighted by Crippen LogP contribution is 2.18. The van der Waals surface area contributed by atoms with Crippen LogP contribution in [0.25, 0.3) is 0 Å². The van der Waals surface area contributed by atoms with Crippen LogP contribution in [0.4, 0.5) is 11.4 Å². The molecule has 29 heavy (non-hydrogen) atoms. The van der Waals surface area contributed by atoms with Crippen molar-refractivity contribution in [3.05, 3.63) is 77.6 Å². The van der Waals surface area contributed by atoms with Crippen molar-refractivity contribution in [2.24, 2.45) is 0 Å². The van der Waals surface area contributed by atoms with E-state index in [2.05, 4.69) is 0 Å². The van der Waals surface area contributed by atoms with Crippen molar-refractivity contribution in [3.63, 3.8) is 0 Å². The van der Waals surface area contributed by atoms with E-state index in [-0.39, 0.29) is 12.3 Å². The summed E-state index contributed by atoms with van der Waals surface area (Å²) in [7, 11) is -5.04. The van der Waals surface area contributed by atoms with Crippen LogP contribution in [0.5, 0.6) is 0 Å². The van der Waals surface area contributed by atoms with Crippen molar-refractivity contribution in [1.82, 2.24) is 9.13 Å². The molecule has 0 amide bonds. The lowest BCUT2D eigenvalue weighted by atomic mass is 10.4.